The molecule has 1 saturated heterocycles. The van der Waals surface area contributed by atoms with Crippen LogP contribution in [0.15, 0.2) is 41.8 Å². The van der Waals surface area contributed by atoms with Crippen molar-refractivity contribution in [1.29, 1.82) is 0 Å². The summed E-state index contributed by atoms with van der Waals surface area (Å²) in [4.78, 5) is 15.6. The van der Waals surface area contributed by atoms with Crippen LogP contribution in [0.5, 0.6) is 5.75 Å². The first kappa shape index (κ1) is 16.3. The SMILES string of the molecule is O=C(COc1ccc(F)cc1)N1CCSC(c2cccs2)CC1. The smallest absolute Gasteiger partial charge is 0.260 e. The van der Waals surface area contributed by atoms with Gasteiger partial charge in [-0.2, -0.15) is 11.8 Å². The number of nitrogens with zero attached hydrogens (tertiary/aromatic N) is 1. The molecule has 1 amide bonds. The summed E-state index contributed by atoms with van der Waals surface area (Å²) in [5.41, 5.74) is 0. The number of ether oxygens (including phenoxy) is 1. The molecular formula is C17H18FNO2S2. The third-order valence-electron chi connectivity index (χ3n) is 3.73. The molecule has 0 radical (unpaired) electrons. The van der Waals surface area contributed by atoms with Crippen molar-refractivity contribution in [3.8, 4) is 5.75 Å². The van der Waals surface area contributed by atoms with Crippen LogP contribution in [0.3, 0.4) is 0 Å². The summed E-state index contributed by atoms with van der Waals surface area (Å²) in [5.74, 6) is 1.13. The minimum atomic E-state index is -0.312. The molecule has 1 aromatic heterocycles. The molecular weight excluding hydrogens is 333 g/mol. The third kappa shape index (κ3) is 4.48. The maximum atomic E-state index is 12.8. The average molecular weight is 351 g/mol. The predicted molar refractivity (Wildman–Crippen MR) is 92.6 cm³/mol. The average Bonchev–Trinajstić information content (AvgIpc) is 2.98. The second kappa shape index (κ2) is 7.84. The van der Waals surface area contributed by atoms with Crippen LogP contribution in [-0.2, 0) is 4.79 Å². The quantitative estimate of drug-likeness (QED) is 0.835. The molecule has 1 unspecified atom stereocenters. The summed E-state index contributed by atoms with van der Waals surface area (Å²) in [6, 6.07) is 9.96. The van der Waals surface area contributed by atoms with Crippen molar-refractivity contribution in [2.45, 2.75) is 11.7 Å². The Labute approximate surface area is 143 Å². The minimum absolute atomic E-state index is 0.0000320. The van der Waals surface area contributed by atoms with Gasteiger partial charge in [-0.3, -0.25) is 4.79 Å². The zero-order valence-corrected chi connectivity index (χ0v) is 14.2. The van der Waals surface area contributed by atoms with Crippen LogP contribution in [0.1, 0.15) is 16.5 Å². The van der Waals surface area contributed by atoms with E-state index < -0.39 is 0 Å². The minimum Gasteiger partial charge on any atom is -0.484 e. The van der Waals surface area contributed by atoms with E-state index >= 15 is 0 Å². The highest BCUT2D eigenvalue weighted by molar-refractivity contribution is 7.99. The molecule has 0 spiro atoms. The van der Waals surface area contributed by atoms with E-state index in [0.717, 1.165) is 25.3 Å². The molecule has 0 N–H and O–H groups in total. The van der Waals surface area contributed by atoms with E-state index in [2.05, 4.69) is 17.5 Å². The van der Waals surface area contributed by atoms with Crippen molar-refractivity contribution >= 4 is 29.0 Å². The van der Waals surface area contributed by atoms with Crippen LogP contribution in [0.4, 0.5) is 4.39 Å². The van der Waals surface area contributed by atoms with Gasteiger partial charge in [0.15, 0.2) is 6.61 Å². The van der Waals surface area contributed by atoms with Crippen LogP contribution in [0.25, 0.3) is 0 Å². The normalized spacial score (nSPS) is 18.5. The number of halogens is 1. The maximum absolute atomic E-state index is 12.8. The van der Waals surface area contributed by atoms with E-state index in [-0.39, 0.29) is 18.3 Å². The number of hydrogen-bond acceptors (Lipinski definition) is 4. The molecule has 2 heterocycles. The van der Waals surface area contributed by atoms with Crippen molar-refractivity contribution in [2.75, 3.05) is 25.4 Å². The zero-order chi connectivity index (χ0) is 16.1. The van der Waals surface area contributed by atoms with Gasteiger partial charge in [0.2, 0.25) is 0 Å². The molecule has 2 aromatic rings. The third-order valence-corrected chi connectivity index (χ3v) is 6.18. The number of hydrogen-bond donors (Lipinski definition) is 0. The second-order valence-electron chi connectivity index (χ2n) is 5.29. The predicted octanol–water partition coefficient (Wildman–Crippen LogP) is 3.97. The van der Waals surface area contributed by atoms with Crippen molar-refractivity contribution in [1.82, 2.24) is 4.90 Å². The first-order valence-corrected chi connectivity index (χ1v) is 9.46. The van der Waals surface area contributed by atoms with E-state index in [1.807, 2.05) is 16.7 Å². The Morgan fingerprint density at radius 2 is 2.09 bits per heavy atom. The van der Waals surface area contributed by atoms with E-state index in [1.54, 1.807) is 11.3 Å². The van der Waals surface area contributed by atoms with E-state index in [0.29, 0.717) is 11.0 Å². The summed E-state index contributed by atoms with van der Waals surface area (Å²) in [5, 5.41) is 2.58. The molecule has 3 nitrogen and oxygen atoms in total. The highest BCUT2D eigenvalue weighted by atomic mass is 32.2. The van der Waals surface area contributed by atoms with Gasteiger partial charge in [-0.05, 0) is 42.1 Å². The molecule has 1 aromatic carbocycles. The topological polar surface area (TPSA) is 29.5 Å². The van der Waals surface area contributed by atoms with Crippen molar-refractivity contribution in [3.63, 3.8) is 0 Å². The summed E-state index contributed by atoms with van der Waals surface area (Å²) in [7, 11) is 0. The molecule has 1 aliphatic rings. The Morgan fingerprint density at radius 1 is 1.26 bits per heavy atom. The second-order valence-corrected chi connectivity index (χ2v) is 7.58. The van der Waals surface area contributed by atoms with Gasteiger partial charge in [0, 0.05) is 29.0 Å². The lowest BCUT2D eigenvalue weighted by molar-refractivity contribution is -0.133. The number of rotatable bonds is 4. The molecule has 0 bridgehead atoms. The Balaban J connectivity index is 1.50. The van der Waals surface area contributed by atoms with Gasteiger partial charge >= 0.3 is 0 Å². The first-order chi connectivity index (χ1) is 11.2. The molecule has 122 valence electrons. The van der Waals surface area contributed by atoms with Crippen molar-refractivity contribution in [2.24, 2.45) is 0 Å². The Morgan fingerprint density at radius 3 is 2.83 bits per heavy atom. The van der Waals surface area contributed by atoms with Gasteiger partial charge in [0.1, 0.15) is 11.6 Å². The van der Waals surface area contributed by atoms with Gasteiger partial charge < -0.3 is 9.64 Å². The van der Waals surface area contributed by atoms with E-state index in [1.165, 1.54) is 29.1 Å². The lowest BCUT2D eigenvalue weighted by Gasteiger charge is -2.20. The highest BCUT2D eigenvalue weighted by Crippen LogP contribution is 2.36. The van der Waals surface area contributed by atoms with Crippen LogP contribution < -0.4 is 4.74 Å². The molecule has 0 saturated carbocycles. The largest absolute Gasteiger partial charge is 0.484 e. The Bertz CT molecular complexity index is 631. The van der Waals surface area contributed by atoms with Gasteiger partial charge in [0.05, 0.1) is 0 Å². The number of carbonyl (C=O) groups is 1. The molecule has 3 rings (SSSR count). The maximum Gasteiger partial charge on any atom is 0.260 e. The number of thiophene rings is 1. The number of benzene rings is 1. The molecule has 23 heavy (non-hydrogen) atoms. The molecule has 1 fully saturated rings. The number of carbonyl (C=O) groups excluding carboxylic acids is 1. The highest BCUT2D eigenvalue weighted by Gasteiger charge is 2.22. The lowest BCUT2D eigenvalue weighted by Crippen LogP contribution is -2.36. The molecule has 1 aliphatic heterocycles. The molecule has 6 heteroatoms. The fourth-order valence-corrected chi connectivity index (χ4v) is 4.73. The van der Waals surface area contributed by atoms with Crippen molar-refractivity contribution in [3.05, 3.63) is 52.5 Å². The summed E-state index contributed by atoms with van der Waals surface area (Å²) in [6.45, 7) is 1.50. The standard InChI is InChI=1S/C17H18FNO2S2/c18-13-3-5-14(6-4-13)21-12-17(20)19-8-7-16(23-11-9-19)15-2-1-10-22-15/h1-6,10,16H,7-9,11-12H2. The number of amides is 1. The van der Waals surface area contributed by atoms with Gasteiger partial charge in [-0.25, -0.2) is 4.39 Å². The van der Waals surface area contributed by atoms with Gasteiger partial charge in [-0.15, -0.1) is 11.3 Å². The van der Waals surface area contributed by atoms with Crippen LogP contribution in [-0.4, -0.2) is 36.3 Å². The molecule has 1 atom stereocenters. The van der Waals surface area contributed by atoms with Crippen molar-refractivity contribution < 1.29 is 13.9 Å². The fourth-order valence-electron chi connectivity index (χ4n) is 2.49. The van der Waals surface area contributed by atoms with E-state index in [9.17, 15) is 9.18 Å². The lowest BCUT2D eigenvalue weighted by atomic mass is 10.2. The fraction of sp³-hybridized carbons (Fsp3) is 0.353. The summed E-state index contributed by atoms with van der Waals surface area (Å²) in [6.07, 6.45) is 0.966. The summed E-state index contributed by atoms with van der Waals surface area (Å²) >= 11 is 3.69. The summed E-state index contributed by atoms with van der Waals surface area (Å²) < 4.78 is 18.3. The monoisotopic (exact) mass is 351 g/mol. The van der Waals surface area contributed by atoms with Crippen LogP contribution in [0, 0.1) is 5.82 Å². The van der Waals surface area contributed by atoms with Crippen LogP contribution >= 0.6 is 23.1 Å². The Kier molecular flexibility index (Phi) is 5.56. The number of thioether (sulfide) groups is 1. The first-order valence-electron chi connectivity index (χ1n) is 7.53. The van der Waals surface area contributed by atoms with Crippen LogP contribution in [0.2, 0.25) is 0 Å². The van der Waals surface area contributed by atoms with Gasteiger partial charge in [0.25, 0.3) is 5.91 Å². The molecule has 0 aliphatic carbocycles. The van der Waals surface area contributed by atoms with E-state index in [4.69, 9.17) is 4.74 Å². The van der Waals surface area contributed by atoms with Gasteiger partial charge in [-0.1, -0.05) is 6.07 Å². The Hall–Kier alpha value is -1.53. The zero-order valence-electron chi connectivity index (χ0n) is 12.6.